The molecule has 2 atom stereocenters. The maximum absolute atomic E-state index is 13.6. The minimum atomic E-state index is -0.195. The molecule has 2 nitrogen and oxygen atoms in total. The second-order valence-corrected chi connectivity index (χ2v) is 6.49. The summed E-state index contributed by atoms with van der Waals surface area (Å²) in [4.78, 5) is 2.23. The molecule has 0 spiro atoms. The van der Waals surface area contributed by atoms with Crippen molar-refractivity contribution in [3.63, 3.8) is 0 Å². The van der Waals surface area contributed by atoms with E-state index in [0.29, 0.717) is 0 Å². The van der Waals surface area contributed by atoms with E-state index in [2.05, 4.69) is 33.0 Å². The van der Waals surface area contributed by atoms with Crippen LogP contribution in [-0.4, -0.2) is 12.6 Å². The number of benzene rings is 2. The number of fused-ring (bicyclic) bond motifs is 1. The highest BCUT2D eigenvalue weighted by molar-refractivity contribution is 9.10. The van der Waals surface area contributed by atoms with Gasteiger partial charge in [0.2, 0.25) is 0 Å². The van der Waals surface area contributed by atoms with E-state index in [1.807, 2.05) is 25.1 Å². The summed E-state index contributed by atoms with van der Waals surface area (Å²) >= 11 is 3.46. The fourth-order valence-electron chi connectivity index (χ4n) is 3.09. The lowest BCUT2D eigenvalue weighted by Gasteiger charge is -2.33. The van der Waals surface area contributed by atoms with Gasteiger partial charge in [-0.2, -0.15) is 0 Å². The molecular formula is C17H18BrFN2. The van der Waals surface area contributed by atoms with Crippen LogP contribution in [0.2, 0.25) is 0 Å². The number of rotatable bonds is 3. The van der Waals surface area contributed by atoms with Crippen molar-refractivity contribution >= 4 is 21.6 Å². The summed E-state index contributed by atoms with van der Waals surface area (Å²) < 4.78 is 14.6. The average molecular weight is 349 g/mol. The second kappa shape index (κ2) is 5.78. The number of halogens is 2. The molecule has 0 bridgehead atoms. The lowest BCUT2D eigenvalue weighted by atomic mass is 9.99. The Balaban J connectivity index is 2.00. The Kier molecular flexibility index (Phi) is 4.00. The topological polar surface area (TPSA) is 29.3 Å². The lowest BCUT2D eigenvalue weighted by molar-refractivity contribution is 0.540. The molecule has 0 aromatic heterocycles. The highest BCUT2D eigenvalue weighted by atomic mass is 79.9. The third kappa shape index (κ3) is 2.83. The van der Waals surface area contributed by atoms with Crippen LogP contribution in [0.1, 0.15) is 24.1 Å². The Bertz CT molecular complexity index is 640. The van der Waals surface area contributed by atoms with Crippen LogP contribution in [0.15, 0.2) is 46.9 Å². The summed E-state index contributed by atoms with van der Waals surface area (Å²) in [6.07, 6.45) is 0.940. The molecule has 1 aliphatic heterocycles. The predicted molar refractivity (Wildman–Crippen MR) is 88.0 cm³/mol. The molecule has 0 fully saturated rings. The molecule has 2 unspecified atom stereocenters. The minimum absolute atomic E-state index is 0.0413. The van der Waals surface area contributed by atoms with Gasteiger partial charge in [0, 0.05) is 22.7 Å². The van der Waals surface area contributed by atoms with Crippen LogP contribution in [0.3, 0.4) is 0 Å². The highest BCUT2D eigenvalue weighted by Gasteiger charge is 2.29. The van der Waals surface area contributed by atoms with Gasteiger partial charge in [-0.15, -0.1) is 0 Å². The zero-order valence-corrected chi connectivity index (χ0v) is 13.5. The molecule has 110 valence electrons. The van der Waals surface area contributed by atoms with Gasteiger partial charge >= 0.3 is 0 Å². The van der Waals surface area contributed by atoms with Crippen LogP contribution < -0.4 is 10.6 Å². The number of anilines is 1. The van der Waals surface area contributed by atoms with Crippen molar-refractivity contribution in [1.82, 2.24) is 0 Å². The zero-order valence-electron chi connectivity index (χ0n) is 11.9. The number of nitrogens with two attached hydrogens (primary N) is 1. The quantitative estimate of drug-likeness (QED) is 0.906. The first kappa shape index (κ1) is 14.5. The van der Waals surface area contributed by atoms with Crippen LogP contribution in [0.5, 0.6) is 0 Å². The minimum Gasteiger partial charge on any atom is -0.362 e. The van der Waals surface area contributed by atoms with Crippen molar-refractivity contribution in [3.05, 3.63) is 63.9 Å². The normalized spacial score (nSPS) is 16.7. The number of hydrogen-bond donors (Lipinski definition) is 1. The van der Waals surface area contributed by atoms with Gasteiger partial charge in [0.1, 0.15) is 5.82 Å². The Morgan fingerprint density at radius 1 is 1.19 bits per heavy atom. The summed E-state index contributed by atoms with van der Waals surface area (Å²) in [7, 11) is 0. The van der Waals surface area contributed by atoms with Gasteiger partial charge in [0.15, 0.2) is 0 Å². The molecule has 0 radical (unpaired) electrons. The summed E-state index contributed by atoms with van der Waals surface area (Å²) in [5.41, 5.74) is 9.56. The first-order chi connectivity index (χ1) is 10.1. The molecule has 2 aromatic rings. The van der Waals surface area contributed by atoms with Gasteiger partial charge in [0.25, 0.3) is 0 Å². The van der Waals surface area contributed by atoms with Crippen LogP contribution in [0.4, 0.5) is 10.1 Å². The van der Waals surface area contributed by atoms with Crippen LogP contribution in [0.25, 0.3) is 0 Å². The molecule has 3 rings (SSSR count). The lowest BCUT2D eigenvalue weighted by Crippen LogP contribution is -2.38. The van der Waals surface area contributed by atoms with Crippen molar-refractivity contribution in [3.8, 4) is 0 Å². The van der Waals surface area contributed by atoms with Gasteiger partial charge in [-0.05, 0) is 48.7 Å². The monoisotopic (exact) mass is 348 g/mol. The fourth-order valence-corrected chi connectivity index (χ4v) is 3.36. The Hall–Kier alpha value is -1.39. The third-order valence-corrected chi connectivity index (χ3v) is 4.55. The summed E-state index contributed by atoms with van der Waals surface area (Å²) in [5, 5.41) is 0. The molecule has 2 aromatic carbocycles. The summed E-state index contributed by atoms with van der Waals surface area (Å²) in [6.45, 7) is 2.88. The smallest absolute Gasteiger partial charge is 0.125 e. The van der Waals surface area contributed by atoms with Crippen LogP contribution in [-0.2, 0) is 6.42 Å². The van der Waals surface area contributed by atoms with Crippen molar-refractivity contribution in [1.29, 1.82) is 0 Å². The SMILES string of the molecule is CC(N)C(c1ccc(Br)cc1)N1CCc2ccc(F)cc21. The molecule has 2 N–H and O–H groups in total. The van der Waals surface area contributed by atoms with Gasteiger partial charge in [-0.1, -0.05) is 34.1 Å². The fraction of sp³-hybridized carbons (Fsp3) is 0.294. The van der Waals surface area contributed by atoms with Gasteiger partial charge < -0.3 is 10.6 Å². The summed E-state index contributed by atoms with van der Waals surface area (Å²) in [5.74, 6) is -0.195. The molecular weight excluding hydrogens is 331 g/mol. The molecule has 0 saturated carbocycles. The van der Waals surface area contributed by atoms with Crippen LogP contribution >= 0.6 is 15.9 Å². The third-order valence-electron chi connectivity index (χ3n) is 4.02. The van der Waals surface area contributed by atoms with Crippen molar-refractivity contribution in [2.45, 2.75) is 25.4 Å². The Labute approximate surface area is 132 Å². The van der Waals surface area contributed by atoms with Crippen molar-refractivity contribution in [2.24, 2.45) is 5.73 Å². The van der Waals surface area contributed by atoms with Gasteiger partial charge in [-0.25, -0.2) is 4.39 Å². The predicted octanol–water partition coefficient (Wildman–Crippen LogP) is 4.04. The van der Waals surface area contributed by atoms with Crippen molar-refractivity contribution < 1.29 is 4.39 Å². The van der Waals surface area contributed by atoms with E-state index < -0.39 is 0 Å². The molecule has 1 aliphatic rings. The first-order valence-corrected chi connectivity index (χ1v) is 7.91. The van der Waals surface area contributed by atoms with E-state index in [1.54, 1.807) is 6.07 Å². The maximum atomic E-state index is 13.6. The standard InChI is InChI=1S/C17H18BrFN2/c1-11(20)17(13-2-5-14(18)6-3-13)21-9-8-12-4-7-15(19)10-16(12)21/h2-7,10-11,17H,8-9,20H2,1H3. The second-order valence-electron chi connectivity index (χ2n) is 5.57. The van der Waals surface area contributed by atoms with E-state index in [1.165, 1.54) is 11.6 Å². The molecule has 4 heteroatoms. The van der Waals surface area contributed by atoms with E-state index in [4.69, 9.17) is 5.73 Å². The van der Waals surface area contributed by atoms with Gasteiger partial charge in [0.05, 0.1) is 6.04 Å². The van der Waals surface area contributed by atoms with E-state index in [9.17, 15) is 4.39 Å². The van der Waals surface area contributed by atoms with Crippen molar-refractivity contribution in [2.75, 3.05) is 11.4 Å². The van der Waals surface area contributed by atoms with E-state index >= 15 is 0 Å². The Morgan fingerprint density at radius 2 is 1.90 bits per heavy atom. The average Bonchev–Trinajstić information content (AvgIpc) is 2.84. The molecule has 0 amide bonds. The number of nitrogens with zero attached hydrogens (tertiary/aromatic N) is 1. The highest BCUT2D eigenvalue weighted by Crippen LogP contribution is 2.37. The Morgan fingerprint density at radius 3 is 2.57 bits per heavy atom. The van der Waals surface area contributed by atoms with Gasteiger partial charge in [-0.3, -0.25) is 0 Å². The van der Waals surface area contributed by atoms with Crippen LogP contribution in [0, 0.1) is 5.82 Å². The van der Waals surface area contributed by atoms with E-state index in [0.717, 1.165) is 28.7 Å². The first-order valence-electron chi connectivity index (χ1n) is 7.12. The molecule has 0 saturated heterocycles. The molecule has 0 aliphatic carbocycles. The van der Waals surface area contributed by atoms with E-state index in [-0.39, 0.29) is 17.9 Å². The zero-order chi connectivity index (χ0) is 15.0. The maximum Gasteiger partial charge on any atom is 0.125 e. The molecule has 21 heavy (non-hydrogen) atoms. The summed E-state index contributed by atoms with van der Waals surface area (Å²) in [6, 6.07) is 13.2. The number of hydrogen-bond acceptors (Lipinski definition) is 2. The largest absolute Gasteiger partial charge is 0.362 e. The molecule has 1 heterocycles.